The van der Waals surface area contributed by atoms with E-state index in [0.29, 0.717) is 19.0 Å². The quantitative estimate of drug-likeness (QED) is 0.766. The number of likely N-dealkylation sites (N-methyl/N-ethyl adjacent to an activating group) is 1. The minimum Gasteiger partial charge on any atom is -0.481 e. The second-order valence-corrected chi connectivity index (χ2v) is 5.04. The SMILES string of the molecule is CC(CCNC(=O)N1CCN(C)C(C)C1)C(=O)O. The molecule has 18 heavy (non-hydrogen) atoms. The fraction of sp³-hybridized carbons (Fsp3) is 0.833. The molecule has 1 rings (SSSR count). The molecule has 0 radical (unpaired) electrons. The van der Waals surface area contributed by atoms with E-state index in [1.165, 1.54) is 0 Å². The number of aliphatic carboxylic acids is 1. The molecule has 0 aliphatic carbocycles. The van der Waals surface area contributed by atoms with Gasteiger partial charge in [-0.05, 0) is 20.4 Å². The molecule has 0 spiro atoms. The number of rotatable bonds is 4. The summed E-state index contributed by atoms with van der Waals surface area (Å²) in [7, 11) is 2.05. The molecule has 0 aromatic rings. The van der Waals surface area contributed by atoms with Gasteiger partial charge in [0.2, 0.25) is 0 Å². The maximum absolute atomic E-state index is 11.9. The van der Waals surface area contributed by atoms with E-state index in [4.69, 9.17) is 5.11 Å². The topological polar surface area (TPSA) is 72.9 Å². The van der Waals surface area contributed by atoms with Crippen LogP contribution in [0.4, 0.5) is 4.79 Å². The molecule has 6 nitrogen and oxygen atoms in total. The molecular formula is C12H23N3O3. The molecule has 0 bridgehead atoms. The molecule has 1 heterocycles. The molecule has 2 unspecified atom stereocenters. The predicted octanol–water partition coefficient (Wildman–Crippen LogP) is 0.443. The molecule has 2 atom stereocenters. The zero-order valence-electron chi connectivity index (χ0n) is 11.3. The number of hydrogen-bond donors (Lipinski definition) is 2. The van der Waals surface area contributed by atoms with Gasteiger partial charge < -0.3 is 20.2 Å². The van der Waals surface area contributed by atoms with Gasteiger partial charge in [-0.15, -0.1) is 0 Å². The fourth-order valence-electron chi connectivity index (χ4n) is 1.86. The standard InChI is InChI=1S/C12H23N3O3/c1-9(11(16)17)4-5-13-12(18)15-7-6-14(3)10(2)8-15/h9-10H,4-8H2,1-3H3,(H,13,18)(H,16,17). The van der Waals surface area contributed by atoms with Crippen molar-refractivity contribution in [2.45, 2.75) is 26.3 Å². The molecule has 1 fully saturated rings. The van der Waals surface area contributed by atoms with Crippen molar-refractivity contribution in [3.05, 3.63) is 0 Å². The molecule has 2 amide bonds. The first kappa shape index (κ1) is 14.8. The van der Waals surface area contributed by atoms with E-state index >= 15 is 0 Å². The lowest BCUT2D eigenvalue weighted by Crippen LogP contribution is -2.54. The lowest BCUT2D eigenvalue weighted by Gasteiger charge is -2.37. The molecule has 104 valence electrons. The van der Waals surface area contributed by atoms with Gasteiger partial charge in [0.25, 0.3) is 0 Å². The average Bonchev–Trinajstić information content (AvgIpc) is 2.32. The highest BCUT2D eigenvalue weighted by atomic mass is 16.4. The van der Waals surface area contributed by atoms with E-state index in [0.717, 1.165) is 19.6 Å². The Kier molecular flexibility index (Phi) is 5.40. The molecule has 1 aliphatic heterocycles. The van der Waals surface area contributed by atoms with Crippen LogP contribution in [-0.4, -0.2) is 66.2 Å². The van der Waals surface area contributed by atoms with Crippen molar-refractivity contribution in [3.63, 3.8) is 0 Å². The van der Waals surface area contributed by atoms with Crippen molar-refractivity contribution in [2.24, 2.45) is 5.92 Å². The van der Waals surface area contributed by atoms with E-state index in [9.17, 15) is 9.59 Å². The van der Waals surface area contributed by atoms with Crippen molar-refractivity contribution in [1.29, 1.82) is 0 Å². The number of hydrogen-bond acceptors (Lipinski definition) is 3. The number of piperazine rings is 1. The first-order chi connectivity index (χ1) is 8.41. The zero-order chi connectivity index (χ0) is 13.7. The van der Waals surface area contributed by atoms with Gasteiger partial charge in [-0.2, -0.15) is 0 Å². The van der Waals surface area contributed by atoms with Crippen molar-refractivity contribution in [3.8, 4) is 0 Å². The summed E-state index contributed by atoms with van der Waals surface area (Å²) in [5, 5.41) is 11.5. The summed E-state index contributed by atoms with van der Waals surface area (Å²) in [5.41, 5.74) is 0. The van der Waals surface area contributed by atoms with Gasteiger partial charge in [0.15, 0.2) is 0 Å². The zero-order valence-corrected chi connectivity index (χ0v) is 11.3. The summed E-state index contributed by atoms with van der Waals surface area (Å²) >= 11 is 0. The van der Waals surface area contributed by atoms with Crippen LogP contribution in [0.15, 0.2) is 0 Å². The van der Waals surface area contributed by atoms with E-state index in [2.05, 4.69) is 24.2 Å². The minimum absolute atomic E-state index is 0.0902. The van der Waals surface area contributed by atoms with Gasteiger partial charge in [-0.25, -0.2) is 4.79 Å². The van der Waals surface area contributed by atoms with Crippen LogP contribution in [0, 0.1) is 5.92 Å². The lowest BCUT2D eigenvalue weighted by atomic mass is 10.1. The highest BCUT2D eigenvalue weighted by molar-refractivity contribution is 5.74. The third kappa shape index (κ3) is 4.18. The van der Waals surface area contributed by atoms with E-state index < -0.39 is 11.9 Å². The molecule has 1 aliphatic rings. The summed E-state index contributed by atoms with van der Waals surface area (Å²) in [5.74, 6) is -1.24. The van der Waals surface area contributed by atoms with Gasteiger partial charge in [-0.1, -0.05) is 6.92 Å². The van der Waals surface area contributed by atoms with Crippen molar-refractivity contribution >= 4 is 12.0 Å². The van der Waals surface area contributed by atoms with Crippen LogP contribution >= 0.6 is 0 Å². The first-order valence-electron chi connectivity index (χ1n) is 6.37. The van der Waals surface area contributed by atoms with Gasteiger partial charge >= 0.3 is 12.0 Å². The van der Waals surface area contributed by atoms with E-state index in [1.54, 1.807) is 11.8 Å². The van der Waals surface area contributed by atoms with Gasteiger partial charge in [0, 0.05) is 32.2 Å². The number of carboxylic acids is 1. The van der Waals surface area contributed by atoms with Crippen LogP contribution < -0.4 is 5.32 Å². The summed E-state index contributed by atoms with van der Waals surface area (Å²) in [6.07, 6.45) is 0.463. The molecule has 0 aromatic carbocycles. The Balaban J connectivity index is 2.27. The van der Waals surface area contributed by atoms with E-state index in [-0.39, 0.29) is 6.03 Å². The first-order valence-corrected chi connectivity index (χ1v) is 6.37. The second kappa shape index (κ2) is 6.58. The molecule has 0 saturated carbocycles. The summed E-state index contributed by atoms with van der Waals surface area (Å²) in [6.45, 7) is 6.46. The summed E-state index contributed by atoms with van der Waals surface area (Å²) in [4.78, 5) is 26.5. The van der Waals surface area contributed by atoms with Gasteiger partial charge in [-0.3, -0.25) is 4.79 Å². The predicted molar refractivity (Wildman–Crippen MR) is 68.5 cm³/mol. The fourth-order valence-corrected chi connectivity index (χ4v) is 1.86. The summed E-state index contributed by atoms with van der Waals surface area (Å²) < 4.78 is 0. The van der Waals surface area contributed by atoms with Crippen molar-refractivity contribution in [2.75, 3.05) is 33.2 Å². The van der Waals surface area contributed by atoms with Crippen LogP contribution in [0.5, 0.6) is 0 Å². The maximum atomic E-state index is 11.9. The highest BCUT2D eigenvalue weighted by Crippen LogP contribution is 2.07. The minimum atomic E-state index is -0.822. The molecule has 0 aromatic heterocycles. The van der Waals surface area contributed by atoms with Crippen molar-refractivity contribution < 1.29 is 14.7 Å². The number of nitrogens with zero attached hydrogens (tertiary/aromatic N) is 2. The van der Waals surface area contributed by atoms with Crippen LogP contribution in [0.2, 0.25) is 0 Å². The van der Waals surface area contributed by atoms with Crippen LogP contribution in [0.25, 0.3) is 0 Å². The summed E-state index contributed by atoms with van der Waals surface area (Å²) in [6, 6.07) is 0.273. The number of carboxylic acid groups (broad SMARTS) is 1. The molecule has 6 heteroatoms. The molecule has 1 saturated heterocycles. The molecular weight excluding hydrogens is 234 g/mol. The van der Waals surface area contributed by atoms with Crippen LogP contribution in [0.3, 0.4) is 0 Å². The lowest BCUT2D eigenvalue weighted by molar-refractivity contribution is -0.141. The average molecular weight is 257 g/mol. The Bertz CT molecular complexity index is 309. The normalized spacial score (nSPS) is 22.6. The Morgan fingerprint density at radius 2 is 2.11 bits per heavy atom. The van der Waals surface area contributed by atoms with Gasteiger partial charge in [0.05, 0.1) is 5.92 Å². The largest absolute Gasteiger partial charge is 0.481 e. The third-order valence-electron chi connectivity index (χ3n) is 3.52. The van der Waals surface area contributed by atoms with Crippen molar-refractivity contribution in [1.82, 2.24) is 15.1 Å². The third-order valence-corrected chi connectivity index (χ3v) is 3.52. The Morgan fingerprint density at radius 1 is 1.44 bits per heavy atom. The number of amides is 2. The maximum Gasteiger partial charge on any atom is 0.317 e. The van der Waals surface area contributed by atoms with Crippen LogP contribution in [-0.2, 0) is 4.79 Å². The van der Waals surface area contributed by atoms with Crippen LogP contribution in [0.1, 0.15) is 20.3 Å². The number of carbonyl (C=O) groups excluding carboxylic acids is 1. The molecule has 2 N–H and O–H groups in total. The number of carbonyl (C=O) groups is 2. The second-order valence-electron chi connectivity index (χ2n) is 5.04. The number of nitrogens with one attached hydrogen (secondary N) is 1. The monoisotopic (exact) mass is 257 g/mol. The Morgan fingerprint density at radius 3 is 2.67 bits per heavy atom. The Hall–Kier alpha value is -1.30. The number of urea groups is 1. The smallest absolute Gasteiger partial charge is 0.317 e. The Labute approximate surface area is 108 Å². The highest BCUT2D eigenvalue weighted by Gasteiger charge is 2.24. The van der Waals surface area contributed by atoms with E-state index in [1.807, 2.05) is 0 Å². The van der Waals surface area contributed by atoms with Gasteiger partial charge in [0.1, 0.15) is 0 Å².